The number of thiophene rings is 1. The minimum absolute atomic E-state index is 0.0796. The van der Waals surface area contributed by atoms with E-state index in [0.717, 1.165) is 17.4 Å². The summed E-state index contributed by atoms with van der Waals surface area (Å²) in [4.78, 5) is 24.2. The van der Waals surface area contributed by atoms with E-state index >= 15 is 0 Å². The van der Waals surface area contributed by atoms with Gasteiger partial charge in [-0.1, -0.05) is 0 Å². The Morgan fingerprint density at radius 2 is 1.78 bits per heavy atom. The Morgan fingerprint density at radius 3 is 2.33 bits per heavy atom. The Morgan fingerprint density at radius 1 is 1.15 bits per heavy atom. The fourth-order valence-electron chi connectivity index (χ4n) is 2.15. The van der Waals surface area contributed by atoms with Crippen LogP contribution < -0.4 is 10.6 Å². The first-order chi connectivity index (χ1) is 12.7. The van der Waals surface area contributed by atoms with Gasteiger partial charge in [0.05, 0.1) is 25.5 Å². The van der Waals surface area contributed by atoms with Crippen LogP contribution in [0.4, 0.5) is 19.5 Å². The first kappa shape index (κ1) is 21.2. The number of nitrogens with one attached hydrogen (secondary N) is 2. The van der Waals surface area contributed by atoms with E-state index in [1.807, 2.05) is 0 Å². The molecular weight excluding hydrogens is 466 g/mol. The Hall–Kier alpha value is -2.11. The zero-order valence-corrected chi connectivity index (χ0v) is 17.5. The van der Waals surface area contributed by atoms with Crippen LogP contribution in [0.15, 0.2) is 16.6 Å². The summed E-state index contributed by atoms with van der Waals surface area (Å²) >= 11 is 9.11. The molecule has 1 heterocycles. The minimum atomic E-state index is -0.864. The average molecular weight is 479 g/mol. The number of anilines is 2. The number of thiocarbonyl (C=S) groups is 1. The molecule has 0 amide bonds. The SMILES string of the molecule is COC(=O)c1sc(NC(=S)Nc2c(F)cc(F)cc2Br)c(C(=O)OC)c1C. The van der Waals surface area contributed by atoms with E-state index in [1.54, 1.807) is 6.92 Å². The quantitative estimate of drug-likeness (QED) is 0.495. The zero-order valence-electron chi connectivity index (χ0n) is 14.2. The molecule has 0 atom stereocenters. The number of hydrogen-bond donors (Lipinski definition) is 2. The molecule has 27 heavy (non-hydrogen) atoms. The number of rotatable bonds is 4. The van der Waals surface area contributed by atoms with E-state index in [9.17, 15) is 18.4 Å². The molecule has 0 bridgehead atoms. The second-order valence-corrected chi connectivity index (χ2v) is 7.35. The predicted molar refractivity (Wildman–Crippen MR) is 106 cm³/mol. The third-order valence-corrected chi connectivity index (χ3v) is 5.40. The number of esters is 2. The zero-order chi connectivity index (χ0) is 20.3. The van der Waals surface area contributed by atoms with Crippen LogP contribution in [0.2, 0.25) is 0 Å². The molecule has 2 rings (SSSR count). The van der Waals surface area contributed by atoms with Gasteiger partial charge in [-0.05, 0) is 46.7 Å². The molecule has 1 aromatic carbocycles. The molecule has 0 aliphatic carbocycles. The van der Waals surface area contributed by atoms with E-state index < -0.39 is 23.6 Å². The fourth-order valence-corrected chi connectivity index (χ4v) is 4.04. The largest absolute Gasteiger partial charge is 0.465 e. The van der Waals surface area contributed by atoms with Crippen LogP contribution in [0.25, 0.3) is 0 Å². The topological polar surface area (TPSA) is 76.7 Å². The van der Waals surface area contributed by atoms with Crippen molar-refractivity contribution in [3.63, 3.8) is 0 Å². The lowest BCUT2D eigenvalue weighted by atomic mass is 10.1. The highest BCUT2D eigenvalue weighted by Gasteiger charge is 2.26. The van der Waals surface area contributed by atoms with Crippen LogP contribution >= 0.6 is 39.5 Å². The van der Waals surface area contributed by atoms with E-state index in [2.05, 4.69) is 26.6 Å². The van der Waals surface area contributed by atoms with Gasteiger partial charge in [0.2, 0.25) is 0 Å². The standard InChI is InChI=1S/C16H13BrF2N2O4S2/c1-6-10(14(22)24-2)13(27-12(6)15(23)25-3)21-16(26)20-11-8(17)4-7(18)5-9(11)19/h4-5H,1-3H3,(H2,20,21,26). The van der Waals surface area contributed by atoms with Gasteiger partial charge in [-0.15, -0.1) is 11.3 Å². The summed E-state index contributed by atoms with van der Waals surface area (Å²) in [5.74, 6) is -2.93. The summed E-state index contributed by atoms with van der Waals surface area (Å²) in [6, 6.07) is 1.76. The number of carbonyl (C=O) groups is 2. The first-order valence-electron chi connectivity index (χ1n) is 7.22. The van der Waals surface area contributed by atoms with Crippen molar-refractivity contribution >= 4 is 67.2 Å². The monoisotopic (exact) mass is 478 g/mol. The van der Waals surface area contributed by atoms with Crippen LogP contribution in [0, 0.1) is 18.6 Å². The molecule has 0 unspecified atom stereocenters. The third-order valence-electron chi connectivity index (χ3n) is 3.38. The Kier molecular flexibility index (Phi) is 6.84. The summed E-state index contributed by atoms with van der Waals surface area (Å²) in [7, 11) is 2.41. The predicted octanol–water partition coefficient (Wildman–Crippen LogP) is 4.48. The molecule has 144 valence electrons. The summed E-state index contributed by atoms with van der Waals surface area (Å²) in [6.07, 6.45) is 0. The van der Waals surface area contributed by atoms with Crippen molar-refractivity contribution < 1.29 is 27.8 Å². The van der Waals surface area contributed by atoms with E-state index in [-0.39, 0.29) is 30.7 Å². The molecule has 0 aliphatic heterocycles. The molecule has 0 spiro atoms. The van der Waals surface area contributed by atoms with Crippen molar-refractivity contribution in [1.29, 1.82) is 0 Å². The van der Waals surface area contributed by atoms with Gasteiger partial charge in [0.1, 0.15) is 15.7 Å². The molecule has 2 aromatic rings. The number of ether oxygens (including phenoxy) is 2. The van der Waals surface area contributed by atoms with Crippen molar-refractivity contribution in [3.05, 3.63) is 44.2 Å². The van der Waals surface area contributed by atoms with Gasteiger partial charge in [0.15, 0.2) is 10.9 Å². The van der Waals surface area contributed by atoms with E-state index in [0.29, 0.717) is 11.6 Å². The van der Waals surface area contributed by atoms with Gasteiger partial charge in [0, 0.05) is 10.5 Å². The van der Waals surface area contributed by atoms with Crippen molar-refractivity contribution in [3.8, 4) is 0 Å². The highest BCUT2D eigenvalue weighted by molar-refractivity contribution is 9.10. The summed E-state index contributed by atoms with van der Waals surface area (Å²) in [6.45, 7) is 1.56. The lowest BCUT2D eigenvalue weighted by molar-refractivity contribution is 0.0601. The highest BCUT2D eigenvalue weighted by atomic mass is 79.9. The van der Waals surface area contributed by atoms with Gasteiger partial charge >= 0.3 is 11.9 Å². The van der Waals surface area contributed by atoms with Gasteiger partial charge in [-0.2, -0.15) is 0 Å². The molecule has 0 radical (unpaired) electrons. The highest BCUT2D eigenvalue weighted by Crippen LogP contribution is 2.34. The van der Waals surface area contributed by atoms with Crippen LogP contribution in [-0.2, 0) is 9.47 Å². The Balaban J connectivity index is 2.35. The number of methoxy groups -OCH3 is 2. The van der Waals surface area contributed by atoms with Crippen molar-refractivity contribution in [2.45, 2.75) is 6.92 Å². The van der Waals surface area contributed by atoms with Crippen LogP contribution in [0.5, 0.6) is 0 Å². The molecule has 0 aliphatic rings. The average Bonchev–Trinajstić information content (AvgIpc) is 2.92. The molecule has 0 fully saturated rings. The van der Waals surface area contributed by atoms with Crippen molar-refractivity contribution in [1.82, 2.24) is 0 Å². The maximum Gasteiger partial charge on any atom is 0.348 e. The number of halogens is 3. The summed E-state index contributed by atoms with van der Waals surface area (Å²) in [5, 5.41) is 5.45. The van der Waals surface area contributed by atoms with E-state index in [4.69, 9.17) is 21.7 Å². The van der Waals surface area contributed by atoms with Gasteiger partial charge in [-0.3, -0.25) is 0 Å². The smallest absolute Gasteiger partial charge is 0.348 e. The van der Waals surface area contributed by atoms with Crippen molar-refractivity contribution in [2.24, 2.45) is 0 Å². The van der Waals surface area contributed by atoms with Crippen LogP contribution in [0.3, 0.4) is 0 Å². The first-order valence-corrected chi connectivity index (χ1v) is 9.23. The third kappa shape index (κ3) is 4.60. The summed E-state index contributed by atoms with van der Waals surface area (Å²) in [5.41, 5.74) is 0.374. The lowest BCUT2D eigenvalue weighted by Crippen LogP contribution is -2.21. The fraction of sp³-hybridized carbons (Fsp3) is 0.188. The molecular formula is C16H13BrF2N2O4S2. The lowest BCUT2D eigenvalue weighted by Gasteiger charge is -2.13. The van der Waals surface area contributed by atoms with E-state index in [1.165, 1.54) is 14.2 Å². The maximum atomic E-state index is 13.9. The molecule has 11 heteroatoms. The number of carbonyl (C=O) groups excluding carboxylic acids is 2. The molecule has 6 nitrogen and oxygen atoms in total. The van der Waals surface area contributed by atoms with Gasteiger partial charge < -0.3 is 20.1 Å². The number of benzene rings is 1. The van der Waals surface area contributed by atoms with Crippen molar-refractivity contribution in [2.75, 3.05) is 24.9 Å². The molecule has 0 saturated heterocycles. The second-order valence-electron chi connectivity index (χ2n) is 5.07. The molecule has 0 saturated carbocycles. The number of hydrogen-bond acceptors (Lipinski definition) is 6. The van der Waals surface area contributed by atoms with Crippen LogP contribution in [0.1, 0.15) is 25.6 Å². The minimum Gasteiger partial charge on any atom is -0.465 e. The Bertz CT molecular complexity index is 910. The van der Waals surface area contributed by atoms with Crippen LogP contribution in [-0.4, -0.2) is 31.3 Å². The molecule has 1 aromatic heterocycles. The van der Waals surface area contributed by atoms with Gasteiger partial charge in [-0.25, -0.2) is 18.4 Å². The Labute approximate surface area is 171 Å². The van der Waals surface area contributed by atoms with Gasteiger partial charge in [0.25, 0.3) is 0 Å². The maximum absolute atomic E-state index is 13.9. The normalized spacial score (nSPS) is 10.3. The summed E-state index contributed by atoms with van der Waals surface area (Å²) < 4.78 is 36.7. The second kappa shape index (κ2) is 8.72. The molecule has 2 N–H and O–H groups in total.